The summed E-state index contributed by atoms with van der Waals surface area (Å²) in [4.78, 5) is 26.0. The maximum atomic E-state index is 12.4. The third-order valence-electron chi connectivity index (χ3n) is 5.91. The SMILES string of the molecule is CCCCc1ccc2c(c1)c(C(=O)OC(N)=O)nn2[C@@H]1CN2CCC1CC2. The van der Waals surface area contributed by atoms with E-state index < -0.39 is 12.1 Å². The molecular weight excluding hydrogens is 344 g/mol. The summed E-state index contributed by atoms with van der Waals surface area (Å²) in [6, 6.07) is 6.41. The number of aryl methyl sites for hydroxylation is 1. The van der Waals surface area contributed by atoms with Crippen LogP contribution in [0.15, 0.2) is 18.2 Å². The quantitative estimate of drug-likeness (QED) is 0.645. The molecule has 2 aromatic rings. The van der Waals surface area contributed by atoms with Crippen LogP contribution in [0.2, 0.25) is 0 Å². The molecule has 0 saturated carbocycles. The third-order valence-corrected chi connectivity index (χ3v) is 5.91. The highest BCUT2D eigenvalue weighted by Gasteiger charge is 2.37. The zero-order valence-corrected chi connectivity index (χ0v) is 15.7. The number of nitrogens with zero attached hydrogens (tertiary/aromatic N) is 3. The molecule has 7 heteroatoms. The van der Waals surface area contributed by atoms with Gasteiger partial charge < -0.3 is 15.4 Å². The van der Waals surface area contributed by atoms with E-state index in [9.17, 15) is 9.59 Å². The average molecular weight is 370 g/mol. The Morgan fingerprint density at radius 1 is 1.30 bits per heavy atom. The van der Waals surface area contributed by atoms with E-state index in [2.05, 4.69) is 27.7 Å². The molecule has 0 unspecified atom stereocenters. The maximum absolute atomic E-state index is 12.4. The highest BCUT2D eigenvalue weighted by atomic mass is 16.6. The number of hydrogen-bond donors (Lipinski definition) is 1. The number of primary amides is 1. The first-order valence-electron chi connectivity index (χ1n) is 9.82. The smallest absolute Gasteiger partial charge is 0.371 e. The number of benzene rings is 1. The second kappa shape index (κ2) is 7.31. The highest BCUT2D eigenvalue weighted by molar-refractivity contribution is 6.05. The summed E-state index contributed by atoms with van der Waals surface area (Å²) in [5.74, 6) is -0.210. The molecule has 144 valence electrons. The van der Waals surface area contributed by atoms with Gasteiger partial charge in [-0.3, -0.25) is 4.68 Å². The van der Waals surface area contributed by atoms with E-state index >= 15 is 0 Å². The summed E-state index contributed by atoms with van der Waals surface area (Å²) in [5, 5.41) is 5.36. The topological polar surface area (TPSA) is 90.5 Å². The number of aromatic nitrogens is 2. The Labute approximate surface area is 158 Å². The van der Waals surface area contributed by atoms with E-state index in [1.54, 1.807) is 0 Å². The Kier molecular flexibility index (Phi) is 4.86. The van der Waals surface area contributed by atoms with Crippen LogP contribution < -0.4 is 5.73 Å². The zero-order valence-electron chi connectivity index (χ0n) is 15.7. The van der Waals surface area contributed by atoms with Gasteiger partial charge >= 0.3 is 12.1 Å². The molecule has 27 heavy (non-hydrogen) atoms. The lowest BCUT2D eigenvalue weighted by Gasteiger charge is -2.44. The standard InChI is InChI=1S/C20H26N4O3/c1-2-3-4-13-5-6-16-15(11-13)18(19(25)27-20(21)26)22-24(16)17-12-23-9-7-14(17)8-10-23/h5-6,11,14,17H,2-4,7-10,12H2,1H3,(H2,21,26)/t17-/m1/s1. The highest BCUT2D eigenvalue weighted by Crippen LogP contribution is 2.37. The number of ether oxygens (including phenoxy) is 1. The molecule has 4 heterocycles. The first-order valence-corrected chi connectivity index (χ1v) is 9.82. The number of rotatable bonds is 5. The van der Waals surface area contributed by atoms with Gasteiger partial charge in [0.05, 0.1) is 11.6 Å². The average Bonchev–Trinajstić information content (AvgIpc) is 3.05. The number of carbonyl (C=O) groups excluding carboxylic acids is 2. The number of piperidine rings is 3. The molecule has 2 N–H and O–H groups in total. The minimum Gasteiger partial charge on any atom is -0.371 e. The van der Waals surface area contributed by atoms with Crippen molar-refractivity contribution in [2.45, 2.75) is 45.1 Å². The van der Waals surface area contributed by atoms with Crippen molar-refractivity contribution in [1.82, 2.24) is 14.7 Å². The minimum atomic E-state index is -1.10. The van der Waals surface area contributed by atoms with Crippen molar-refractivity contribution in [3.8, 4) is 0 Å². The van der Waals surface area contributed by atoms with Gasteiger partial charge in [0, 0.05) is 11.9 Å². The molecule has 3 aliphatic rings. The van der Waals surface area contributed by atoms with E-state index in [1.807, 2.05) is 16.8 Å². The minimum absolute atomic E-state index is 0.179. The molecule has 3 saturated heterocycles. The van der Waals surface area contributed by atoms with E-state index in [0.717, 1.165) is 68.2 Å². The first-order chi connectivity index (χ1) is 13.1. The Morgan fingerprint density at radius 3 is 2.70 bits per heavy atom. The van der Waals surface area contributed by atoms with Crippen molar-refractivity contribution in [1.29, 1.82) is 0 Å². The van der Waals surface area contributed by atoms with Crippen molar-refractivity contribution in [2.24, 2.45) is 11.7 Å². The van der Waals surface area contributed by atoms with Gasteiger partial charge in [-0.05, 0) is 62.4 Å². The predicted octanol–water partition coefficient (Wildman–Crippen LogP) is 2.88. The fourth-order valence-electron chi connectivity index (χ4n) is 4.48. The Balaban J connectivity index is 1.77. The van der Waals surface area contributed by atoms with Crippen LogP contribution in [0, 0.1) is 5.92 Å². The molecule has 0 spiro atoms. The molecule has 2 bridgehead atoms. The van der Waals surface area contributed by atoms with E-state index in [-0.39, 0.29) is 11.7 Å². The number of esters is 1. The van der Waals surface area contributed by atoms with Crippen LogP contribution in [0.4, 0.5) is 4.79 Å². The van der Waals surface area contributed by atoms with Gasteiger partial charge in [-0.2, -0.15) is 5.10 Å². The van der Waals surface area contributed by atoms with Crippen molar-refractivity contribution in [3.63, 3.8) is 0 Å². The van der Waals surface area contributed by atoms with Crippen LogP contribution in [-0.4, -0.2) is 46.4 Å². The summed E-state index contributed by atoms with van der Waals surface area (Å²) in [7, 11) is 0. The van der Waals surface area contributed by atoms with Crippen LogP contribution in [0.1, 0.15) is 54.7 Å². The van der Waals surface area contributed by atoms with Gasteiger partial charge in [0.15, 0.2) is 5.69 Å². The Bertz CT molecular complexity index is 867. The van der Waals surface area contributed by atoms with Gasteiger partial charge in [0.25, 0.3) is 0 Å². The van der Waals surface area contributed by atoms with Gasteiger partial charge in [-0.1, -0.05) is 19.4 Å². The van der Waals surface area contributed by atoms with Crippen LogP contribution in [0.3, 0.4) is 0 Å². The summed E-state index contributed by atoms with van der Waals surface area (Å²) < 4.78 is 6.62. The van der Waals surface area contributed by atoms with Crippen molar-refractivity contribution >= 4 is 23.0 Å². The Hall–Kier alpha value is -2.41. The van der Waals surface area contributed by atoms with Crippen LogP contribution in [0.5, 0.6) is 0 Å². The van der Waals surface area contributed by atoms with Gasteiger partial charge in [-0.25, -0.2) is 9.59 Å². The van der Waals surface area contributed by atoms with Gasteiger partial charge in [0.1, 0.15) is 0 Å². The van der Waals surface area contributed by atoms with Gasteiger partial charge in [0.2, 0.25) is 0 Å². The molecule has 1 aromatic heterocycles. The fraction of sp³-hybridized carbons (Fsp3) is 0.550. The van der Waals surface area contributed by atoms with Gasteiger partial charge in [-0.15, -0.1) is 0 Å². The second-order valence-electron chi connectivity index (χ2n) is 7.66. The molecular formula is C20H26N4O3. The van der Waals surface area contributed by atoms with Crippen molar-refractivity contribution < 1.29 is 14.3 Å². The molecule has 3 aliphatic heterocycles. The first kappa shape index (κ1) is 18.0. The number of fused-ring (bicyclic) bond motifs is 4. The lowest BCUT2D eigenvalue weighted by atomic mass is 9.84. The molecule has 5 rings (SSSR count). The lowest BCUT2D eigenvalue weighted by Crippen LogP contribution is -2.48. The molecule has 1 atom stereocenters. The molecule has 0 radical (unpaired) electrons. The summed E-state index contributed by atoms with van der Waals surface area (Å²) in [6.07, 6.45) is 4.34. The monoisotopic (exact) mass is 370 g/mol. The molecule has 0 aliphatic carbocycles. The Morgan fingerprint density at radius 2 is 2.07 bits per heavy atom. The molecule has 1 amide bonds. The van der Waals surface area contributed by atoms with E-state index in [0.29, 0.717) is 5.92 Å². The van der Waals surface area contributed by atoms with E-state index in [1.165, 1.54) is 0 Å². The zero-order chi connectivity index (χ0) is 19.0. The van der Waals surface area contributed by atoms with Crippen molar-refractivity contribution in [2.75, 3.05) is 19.6 Å². The maximum Gasteiger partial charge on any atom is 0.412 e. The number of nitrogens with two attached hydrogens (primary N) is 1. The number of unbranched alkanes of at least 4 members (excludes halogenated alkanes) is 1. The summed E-state index contributed by atoms with van der Waals surface area (Å²) >= 11 is 0. The normalized spacial score (nSPS) is 24.3. The predicted molar refractivity (Wildman–Crippen MR) is 102 cm³/mol. The number of carbonyl (C=O) groups is 2. The third kappa shape index (κ3) is 3.43. The fourth-order valence-corrected chi connectivity index (χ4v) is 4.48. The summed E-state index contributed by atoms with van der Waals surface area (Å²) in [6.45, 7) is 5.37. The second-order valence-corrected chi connectivity index (χ2v) is 7.66. The molecule has 7 nitrogen and oxygen atoms in total. The van der Waals surface area contributed by atoms with E-state index in [4.69, 9.17) is 5.73 Å². The van der Waals surface area contributed by atoms with Crippen LogP contribution >= 0.6 is 0 Å². The summed E-state index contributed by atoms with van der Waals surface area (Å²) in [5.41, 5.74) is 7.31. The van der Waals surface area contributed by atoms with Crippen molar-refractivity contribution in [3.05, 3.63) is 29.5 Å². The number of amides is 1. The molecule has 1 aromatic carbocycles. The molecule has 3 fully saturated rings. The van der Waals surface area contributed by atoms with Crippen LogP contribution in [0.25, 0.3) is 10.9 Å². The number of hydrogen-bond acceptors (Lipinski definition) is 5. The largest absolute Gasteiger partial charge is 0.412 e. The lowest BCUT2D eigenvalue weighted by molar-refractivity contribution is 0.0518. The van der Waals surface area contributed by atoms with Crippen LogP contribution in [-0.2, 0) is 11.2 Å².